The van der Waals surface area contributed by atoms with Crippen LogP contribution >= 0.6 is 0 Å². The molecule has 9 heteroatoms. The first-order valence-corrected chi connectivity index (χ1v) is 9.40. The third kappa shape index (κ3) is 3.56. The van der Waals surface area contributed by atoms with Crippen LogP contribution in [0.1, 0.15) is 55.5 Å². The summed E-state index contributed by atoms with van der Waals surface area (Å²) in [6.45, 7) is 6.80. The molecule has 0 spiro atoms. The van der Waals surface area contributed by atoms with Gasteiger partial charge in [-0.05, 0) is 39.7 Å². The molecule has 0 unspecified atom stereocenters. The maximum atomic E-state index is 13.0. The van der Waals surface area contributed by atoms with Gasteiger partial charge >= 0.3 is 6.09 Å². The standard InChI is InChI=1S/C19H24N6O3/c1-18(2,3)28-17(27)24-9-10-25-14(12-24)13(11-22-25)15(26)23-19(5-6-19)16-20-7-4-8-21-16/h4,7-8,11H,5-6,9-10,12H2,1-3H3,(H,23,26). The molecule has 28 heavy (non-hydrogen) atoms. The molecule has 1 aliphatic heterocycles. The number of carbonyl (C=O) groups is 2. The Hall–Kier alpha value is -2.97. The number of hydrogen-bond donors (Lipinski definition) is 1. The first kappa shape index (κ1) is 18.4. The van der Waals surface area contributed by atoms with E-state index in [0.717, 1.165) is 12.8 Å². The number of fused-ring (bicyclic) bond motifs is 1. The van der Waals surface area contributed by atoms with Crippen LogP contribution < -0.4 is 5.32 Å². The highest BCUT2D eigenvalue weighted by Gasteiger charge is 2.49. The summed E-state index contributed by atoms with van der Waals surface area (Å²) in [5.74, 6) is 0.400. The van der Waals surface area contributed by atoms with Crippen LogP contribution in [0.4, 0.5) is 4.79 Å². The molecule has 1 aliphatic carbocycles. The van der Waals surface area contributed by atoms with E-state index in [0.29, 0.717) is 30.2 Å². The van der Waals surface area contributed by atoms with Crippen molar-refractivity contribution in [3.8, 4) is 0 Å². The topological polar surface area (TPSA) is 102 Å². The fourth-order valence-corrected chi connectivity index (χ4v) is 3.28. The van der Waals surface area contributed by atoms with Crippen molar-refractivity contribution in [3.05, 3.63) is 41.7 Å². The Morgan fingerprint density at radius 3 is 2.54 bits per heavy atom. The third-order valence-electron chi connectivity index (χ3n) is 4.86. The summed E-state index contributed by atoms with van der Waals surface area (Å²) in [5, 5.41) is 7.38. The van der Waals surface area contributed by atoms with E-state index in [1.807, 2.05) is 20.8 Å². The zero-order valence-electron chi connectivity index (χ0n) is 16.3. The minimum absolute atomic E-state index is 0.225. The summed E-state index contributed by atoms with van der Waals surface area (Å²) < 4.78 is 7.23. The fraction of sp³-hybridized carbons (Fsp3) is 0.526. The Labute approximate surface area is 163 Å². The molecule has 0 atom stereocenters. The van der Waals surface area contributed by atoms with Gasteiger partial charge in [-0.3, -0.25) is 9.48 Å². The van der Waals surface area contributed by atoms with Crippen LogP contribution in [0.25, 0.3) is 0 Å². The maximum absolute atomic E-state index is 13.0. The molecule has 1 N–H and O–H groups in total. The van der Waals surface area contributed by atoms with Crippen molar-refractivity contribution in [3.63, 3.8) is 0 Å². The van der Waals surface area contributed by atoms with E-state index in [2.05, 4.69) is 20.4 Å². The molecule has 2 aromatic rings. The number of aromatic nitrogens is 4. The highest BCUT2D eigenvalue weighted by Crippen LogP contribution is 2.43. The zero-order chi connectivity index (χ0) is 19.9. The number of ether oxygens (including phenoxy) is 1. The predicted molar refractivity (Wildman–Crippen MR) is 99.3 cm³/mol. The van der Waals surface area contributed by atoms with E-state index in [1.165, 1.54) is 0 Å². The molecule has 9 nitrogen and oxygen atoms in total. The monoisotopic (exact) mass is 384 g/mol. The molecule has 2 aromatic heterocycles. The summed E-state index contributed by atoms with van der Waals surface area (Å²) in [6.07, 6.45) is 6.13. The molecule has 1 saturated carbocycles. The molecule has 3 heterocycles. The van der Waals surface area contributed by atoms with Gasteiger partial charge in [0.2, 0.25) is 0 Å². The SMILES string of the molecule is CC(C)(C)OC(=O)N1CCn2ncc(C(=O)NC3(c4ncccn4)CC3)c2C1. The molecule has 0 bridgehead atoms. The van der Waals surface area contributed by atoms with Crippen LogP contribution in [0, 0.1) is 0 Å². The molecule has 2 aliphatic rings. The number of amides is 2. The molecule has 1 fully saturated rings. The van der Waals surface area contributed by atoms with Crippen LogP contribution in [0.5, 0.6) is 0 Å². The van der Waals surface area contributed by atoms with Crippen molar-refractivity contribution in [1.82, 2.24) is 30.0 Å². The largest absolute Gasteiger partial charge is 0.444 e. The Bertz CT molecular complexity index is 898. The van der Waals surface area contributed by atoms with Crippen molar-refractivity contribution >= 4 is 12.0 Å². The molecule has 0 saturated heterocycles. The van der Waals surface area contributed by atoms with E-state index in [4.69, 9.17) is 4.74 Å². The normalized spacial score (nSPS) is 17.6. The highest BCUT2D eigenvalue weighted by atomic mass is 16.6. The van der Waals surface area contributed by atoms with Crippen molar-refractivity contribution in [2.75, 3.05) is 6.54 Å². The van der Waals surface area contributed by atoms with Gasteiger partial charge in [0.25, 0.3) is 5.91 Å². The van der Waals surface area contributed by atoms with Gasteiger partial charge in [-0.1, -0.05) is 0 Å². The molecule has 0 radical (unpaired) electrons. The second-order valence-corrected chi connectivity index (χ2v) is 8.24. The van der Waals surface area contributed by atoms with Gasteiger partial charge in [0.05, 0.1) is 30.5 Å². The maximum Gasteiger partial charge on any atom is 0.410 e. The number of nitrogens with zero attached hydrogens (tertiary/aromatic N) is 5. The van der Waals surface area contributed by atoms with Crippen LogP contribution in [0.3, 0.4) is 0 Å². The molecule has 148 valence electrons. The molecular weight excluding hydrogens is 360 g/mol. The lowest BCUT2D eigenvalue weighted by Crippen LogP contribution is -2.42. The minimum Gasteiger partial charge on any atom is -0.444 e. The van der Waals surface area contributed by atoms with Crippen LogP contribution in [-0.2, 0) is 23.4 Å². The average molecular weight is 384 g/mol. The first-order chi connectivity index (χ1) is 13.3. The van der Waals surface area contributed by atoms with E-state index in [9.17, 15) is 9.59 Å². The number of carbonyl (C=O) groups excluding carboxylic acids is 2. The summed E-state index contributed by atoms with van der Waals surface area (Å²) in [7, 11) is 0. The molecular formula is C19H24N6O3. The predicted octanol–water partition coefficient (Wildman–Crippen LogP) is 1.84. The summed E-state index contributed by atoms with van der Waals surface area (Å²) >= 11 is 0. The Kier molecular flexibility index (Phi) is 4.32. The van der Waals surface area contributed by atoms with Crippen LogP contribution in [0.2, 0.25) is 0 Å². The number of rotatable bonds is 3. The van der Waals surface area contributed by atoms with Gasteiger partial charge < -0.3 is 15.0 Å². The smallest absolute Gasteiger partial charge is 0.410 e. The summed E-state index contributed by atoms with van der Waals surface area (Å²) in [5.41, 5.74) is 0.102. The Morgan fingerprint density at radius 2 is 1.89 bits per heavy atom. The van der Waals surface area contributed by atoms with Crippen molar-refractivity contribution in [2.45, 2.75) is 57.8 Å². The molecule has 4 rings (SSSR count). The lowest BCUT2D eigenvalue weighted by Gasteiger charge is -2.30. The lowest BCUT2D eigenvalue weighted by molar-refractivity contribution is 0.0193. The van der Waals surface area contributed by atoms with E-state index >= 15 is 0 Å². The number of nitrogens with one attached hydrogen (secondary N) is 1. The van der Waals surface area contributed by atoms with Gasteiger partial charge in [-0.15, -0.1) is 0 Å². The van der Waals surface area contributed by atoms with E-state index < -0.39 is 11.1 Å². The zero-order valence-corrected chi connectivity index (χ0v) is 16.3. The Morgan fingerprint density at radius 1 is 1.18 bits per heavy atom. The van der Waals surface area contributed by atoms with Crippen molar-refractivity contribution < 1.29 is 14.3 Å². The Balaban J connectivity index is 1.50. The molecule has 0 aromatic carbocycles. The van der Waals surface area contributed by atoms with E-state index in [1.54, 1.807) is 34.2 Å². The fourth-order valence-electron chi connectivity index (χ4n) is 3.28. The van der Waals surface area contributed by atoms with Crippen molar-refractivity contribution in [1.29, 1.82) is 0 Å². The quantitative estimate of drug-likeness (QED) is 0.866. The third-order valence-corrected chi connectivity index (χ3v) is 4.86. The van der Waals surface area contributed by atoms with Crippen LogP contribution in [0.15, 0.2) is 24.7 Å². The van der Waals surface area contributed by atoms with Crippen LogP contribution in [-0.4, -0.2) is 48.8 Å². The molecule has 2 amide bonds. The first-order valence-electron chi connectivity index (χ1n) is 9.40. The second kappa shape index (κ2) is 6.57. The van der Waals surface area contributed by atoms with Gasteiger partial charge in [0.15, 0.2) is 5.82 Å². The highest BCUT2D eigenvalue weighted by molar-refractivity contribution is 5.96. The van der Waals surface area contributed by atoms with E-state index in [-0.39, 0.29) is 18.5 Å². The lowest BCUT2D eigenvalue weighted by atomic mass is 10.1. The summed E-state index contributed by atoms with van der Waals surface area (Å²) in [4.78, 5) is 35.5. The average Bonchev–Trinajstić information content (AvgIpc) is 3.30. The summed E-state index contributed by atoms with van der Waals surface area (Å²) in [6, 6.07) is 1.75. The van der Waals surface area contributed by atoms with Gasteiger partial charge in [0, 0.05) is 18.9 Å². The second-order valence-electron chi connectivity index (χ2n) is 8.24. The van der Waals surface area contributed by atoms with Gasteiger partial charge in [0.1, 0.15) is 11.1 Å². The van der Waals surface area contributed by atoms with Gasteiger partial charge in [-0.25, -0.2) is 14.8 Å². The van der Waals surface area contributed by atoms with Gasteiger partial charge in [-0.2, -0.15) is 5.10 Å². The number of hydrogen-bond acceptors (Lipinski definition) is 6. The van der Waals surface area contributed by atoms with Crippen molar-refractivity contribution in [2.24, 2.45) is 0 Å². The minimum atomic E-state index is -0.566.